The van der Waals surface area contributed by atoms with E-state index in [0.29, 0.717) is 13.2 Å². The minimum Gasteiger partial charge on any atom is -0.493 e. The van der Waals surface area contributed by atoms with E-state index in [1.54, 1.807) is 25.6 Å². The number of nitrogens with one attached hydrogen (secondary N) is 1. The molecule has 1 heterocycles. The summed E-state index contributed by atoms with van der Waals surface area (Å²) in [5.41, 5.74) is 0.968. The number of methoxy groups -OCH3 is 2. The first kappa shape index (κ1) is 15.8. The minimum absolute atomic E-state index is 0.422. The maximum atomic E-state index is 5.80. The van der Waals surface area contributed by atoms with Crippen LogP contribution in [0.25, 0.3) is 0 Å². The van der Waals surface area contributed by atoms with Crippen molar-refractivity contribution in [2.45, 2.75) is 19.8 Å². The van der Waals surface area contributed by atoms with Crippen LogP contribution in [-0.2, 0) is 24.5 Å². The molecular formula is C15H20N2O3S. The predicted molar refractivity (Wildman–Crippen MR) is 82.9 cm³/mol. The summed E-state index contributed by atoms with van der Waals surface area (Å²) in [6, 6.07) is 7.59. The molecule has 0 unspecified atom stereocenters. The zero-order chi connectivity index (χ0) is 15.1. The van der Waals surface area contributed by atoms with Crippen molar-refractivity contribution >= 4 is 11.3 Å². The largest absolute Gasteiger partial charge is 0.493 e. The van der Waals surface area contributed by atoms with E-state index in [0.717, 1.165) is 28.7 Å². The van der Waals surface area contributed by atoms with Crippen LogP contribution in [0.3, 0.4) is 0 Å². The van der Waals surface area contributed by atoms with Gasteiger partial charge in [0.05, 0.1) is 19.4 Å². The maximum Gasteiger partial charge on any atom is 0.161 e. The van der Waals surface area contributed by atoms with Crippen LogP contribution in [-0.4, -0.2) is 26.3 Å². The van der Waals surface area contributed by atoms with Crippen molar-refractivity contribution in [2.75, 3.05) is 21.3 Å². The van der Waals surface area contributed by atoms with Gasteiger partial charge in [-0.25, -0.2) is 4.98 Å². The molecule has 0 spiro atoms. The van der Waals surface area contributed by atoms with Gasteiger partial charge >= 0.3 is 0 Å². The third kappa shape index (κ3) is 4.17. The molecule has 0 atom stereocenters. The quantitative estimate of drug-likeness (QED) is 0.812. The van der Waals surface area contributed by atoms with Gasteiger partial charge in [-0.2, -0.15) is 0 Å². The fourth-order valence-corrected chi connectivity index (χ4v) is 2.92. The number of rotatable bonds is 8. The lowest BCUT2D eigenvalue weighted by molar-refractivity contribution is 0.180. The number of aromatic nitrogens is 1. The third-order valence-corrected chi connectivity index (χ3v) is 3.93. The number of hydrogen-bond acceptors (Lipinski definition) is 6. The Morgan fingerprint density at radius 1 is 1.14 bits per heavy atom. The second kappa shape index (κ2) is 7.97. The number of para-hydroxylation sites is 2. The van der Waals surface area contributed by atoms with Crippen molar-refractivity contribution in [1.29, 1.82) is 0 Å². The van der Waals surface area contributed by atoms with Crippen molar-refractivity contribution in [3.05, 3.63) is 39.8 Å². The predicted octanol–water partition coefficient (Wildman–Crippen LogP) is 2.60. The average Bonchev–Trinajstić information content (AvgIpc) is 2.88. The molecule has 6 heteroatoms. The highest BCUT2D eigenvalue weighted by Gasteiger charge is 2.12. The number of nitrogens with zero attached hydrogens (tertiary/aromatic N) is 1. The standard InChI is InChI=1S/C15H20N2O3S/c1-16-8-14-11(9-18-2)17-15(21-14)10-20-13-7-5-4-6-12(13)19-3/h4-7,16H,8-10H2,1-3H3. The normalized spacial score (nSPS) is 10.6. The fourth-order valence-electron chi connectivity index (χ4n) is 1.92. The van der Waals surface area contributed by atoms with Crippen LogP contribution < -0.4 is 14.8 Å². The van der Waals surface area contributed by atoms with Crippen LogP contribution in [0.5, 0.6) is 11.5 Å². The maximum absolute atomic E-state index is 5.80. The Morgan fingerprint density at radius 2 is 1.90 bits per heavy atom. The van der Waals surface area contributed by atoms with E-state index >= 15 is 0 Å². The van der Waals surface area contributed by atoms with Gasteiger partial charge in [-0.15, -0.1) is 11.3 Å². The van der Waals surface area contributed by atoms with E-state index in [9.17, 15) is 0 Å². The van der Waals surface area contributed by atoms with Gasteiger partial charge < -0.3 is 19.5 Å². The van der Waals surface area contributed by atoms with E-state index in [2.05, 4.69) is 10.3 Å². The van der Waals surface area contributed by atoms with Crippen molar-refractivity contribution in [3.63, 3.8) is 0 Å². The summed E-state index contributed by atoms with van der Waals surface area (Å²) in [5.74, 6) is 1.44. The molecular weight excluding hydrogens is 288 g/mol. The lowest BCUT2D eigenvalue weighted by Gasteiger charge is -2.08. The number of benzene rings is 1. The van der Waals surface area contributed by atoms with Crippen LogP contribution in [0.1, 0.15) is 15.6 Å². The molecule has 0 radical (unpaired) electrons. The highest BCUT2D eigenvalue weighted by atomic mass is 32.1. The van der Waals surface area contributed by atoms with E-state index in [1.807, 2.05) is 31.3 Å². The average molecular weight is 308 g/mol. The second-order valence-electron chi connectivity index (χ2n) is 4.38. The molecule has 0 amide bonds. The number of ether oxygens (including phenoxy) is 3. The molecule has 0 fully saturated rings. The molecule has 0 bridgehead atoms. The van der Waals surface area contributed by atoms with Crippen LogP contribution in [0, 0.1) is 0 Å². The van der Waals surface area contributed by atoms with E-state index < -0.39 is 0 Å². The Labute approximate surface area is 128 Å². The van der Waals surface area contributed by atoms with Crippen molar-refractivity contribution in [2.24, 2.45) is 0 Å². The van der Waals surface area contributed by atoms with Gasteiger partial charge in [-0.1, -0.05) is 12.1 Å². The number of hydrogen-bond donors (Lipinski definition) is 1. The molecule has 1 N–H and O–H groups in total. The summed E-state index contributed by atoms with van der Waals surface area (Å²) < 4.78 is 16.3. The van der Waals surface area contributed by atoms with Crippen LogP contribution >= 0.6 is 11.3 Å². The van der Waals surface area contributed by atoms with Crippen molar-refractivity contribution in [3.8, 4) is 11.5 Å². The first-order chi connectivity index (χ1) is 10.3. The Morgan fingerprint density at radius 3 is 2.57 bits per heavy atom. The molecule has 21 heavy (non-hydrogen) atoms. The summed E-state index contributed by atoms with van der Waals surface area (Å²) in [6.45, 7) is 1.72. The lowest BCUT2D eigenvalue weighted by atomic mass is 10.3. The Bertz CT molecular complexity index is 548. The lowest BCUT2D eigenvalue weighted by Crippen LogP contribution is -2.06. The molecule has 114 valence electrons. The minimum atomic E-state index is 0.422. The van der Waals surface area contributed by atoms with Gasteiger partial charge in [0, 0.05) is 18.5 Å². The monoisotopic (exact) mass is 308 g/mol. The molecule has 5 nitrogen and oxygen atoms in total. The van der Waals surface area contributed by atoms with Crippen LogP contribution in [0.2, 0.25) is 0 Å². The molecule has 2 rings (SSSR count). The molecule has 1 aromatic carbocycles. The molecule has 2 aromatic rings. The smallest absolute Gasteiger partial charge is 0.161 e. The summed E-state index contributed by atoms with van der Waals surface area (Å²) in [6.07, 6.45) is 0. The van der Waals surface area contributed by atoms with E-state index in [-0.39, 0.29) is 0 Å². The zero-order valence-corrected chi connectivity index (χ0v) is 13.3. The van der Waals surface area contributed by atoms with Gasteiger partial charge in [-0.3, -0.25) is 0 Å². The number of thiazole rings is 1. The van der Waals surface area contributed by atoms with E-state index in [1.165, 1.54) is 4.88 Å². The Hall–Kier alpha value is -1.63. The second-order valence-corrected chi connectivity index (χ2v) is 5.55. The van der Waals surface area contributed by atoms with Gasteiger partial charge in [0.25, 0.3) is 0 Å². The Balaban J connectivity index is 2.07. The van der Waals surface area contributed by atoms with Gasteiger partial charge in [0.2, 0.25) is 0 Å². The fraction of sp³-hybridized carbons (Fsp3) is 0.400. The summed E-state index contributed by atoms with van der Waals surface area (Å²) in [4.78, 5) is 5.76. The highest BCUT2D eigenvalue weighted by molar-refractivity contribution is 7.11. The Kier molecular flexibility index (Phi) is 5.98. The highest BCUT2D eigenvalue weighted by Crippen LogP contribution is 2.28. The van der Waals surface area contributed by atoms with Crippen LogP contribution in [0.4, 0.5) is 0 Å². The SMILES string of the molecule is CNCc1sc(COc2ccccc2OC)nc1COC. The van der Waals surface area contributed by atoms with Gasteiger partial charge in [0.15, 0.2) is 11.5 Å². The first-order valence-electron chi connectivity index (χ1n) is 6.65. The molecule has 0 saturated carbocycles. The van der Waals surface area contributed by atoms with Gasteiger partial charge in [0.1, 0.15) is 11.6 Å². The third-order valence-electron chi connectivity index (χ3n) is 2.86. The van der Waals surface area contributed by atoms with Crippen molar-refractivity contribution in [1.82, 2.24) is 10.3 Å². The van der Waals surface area contributed by atoms with Gasteiger partial charge in [-0.05, 0) is 19.2 Å². The molecule has 1 aromatic heterocycles. The topological polar surface area (TPSA) is 52.6 Å². The summed E-state index contributed by atoms with van der Waals surface area (Å²) in [7, 11) is 5.22. The molecule has 0 aliphatic carbocycles. The molecule has 0 saturated heterocycles. The molecule has 0 aliphatic heterocycles. The summed E-state index contributed by atoms with van der Waals surface area (Å²) >= 11 is 1.64. The summed E-state index contributed by atoms with van der Waals surface area (Å²) in [5, 5.41) is 4.07. The van der Waals surface area contributed by atoms with Crippen molar-refractivity contribution < 1.29 is 14.2 Å². The zero-order valence-electron chi connectivity index (χ0n) is 12.5. The van der Waals surface area contributed by atoms with Crippen LogP contribution in [0.15, 0.2) is 24.3 Å². The first-order valence-corrected chi connectivity index (χ1v) is 7.47. The molecule has 0 aliphatic rings. The van der Waals surface area contributed by atoms with E-state index in [4.69, 9.17) is 14.2 Å².